The number of methoxy groups -OCH3 is 1. The van der Waals surface area contributed by atoms with Gasteiger partial charge in [0.15, 0.2) is 5.78 Å². The molecule has 13 heavy (non-hydrogen) atoms. The van der Waals surface area contributed by atoms with E-state index in [9.17, 15) is 4.79 Å². The minimum absolute atomic E-state index is 0.0949. The molecule has 0 rings (SSSR count). The van der Waals surface area contributed by atoms with Crippen molar-refractivity contribution in [1.82, 2.24) is 0 Å². The molecular weight excluding hydrogens is 166 g/mol. The van der Waals surface area contributed by atoms with Gasteiger partial charge >= 0.3 is 0 Å². The van der Waals surface area contributed by atoms with E-state index in [1.54, 1.807) is 7.11 Å². The lowest BCUT2D eigenvalue weighted by atomic mass is 9.95. The van der Waals surface area contributed by atoms with Gasteiger partial charge in [0.25, 0.3) is 0 Å². The maximum absolute atomic E-state index is 11.5. The van der Waals surface area contributed by atoms with Crippen LogP contribution in [0.4, 0.5) is 0 Å². The van der Waals surface area contributed by atoms with Crippen LogP contribution in [0.5, 0.6) is 0 Å². The number of hydrogen-bond acceptors (Lipinski definition) is 3. The van der Waals surface area contributed by atoms with Crippen LogP contribution in [0.2, 0.25) is 0 Å². The summed E-state index contributed by atoms with van der Waals surface area (Å²) in [5.74, 6) is 0.274. The number of carbonyl (C=O) groups is 1. The Morgan fingerprint density at radius 1 is 1.54 bits per heavy atom. The summed E-state index contributed by atoms with van der Waals surface area (Å²) in [5, 5.41) is 0. The predicted molar refractivity (Wildman–Crippen MR) is 53.5 cm³/mol. The molecule has 0 radical (unpaired) electrons. The Morgan fingerprint density at radius 3 is 2.62 bits per heavy atom. The van der Waals surface area contributed by atoms with Crippen LogP contribution in [0.15, 0.2) is 0 Å². The number of Topliss-reactive ketones (excluding diaryl/α,β-unsaturated/α-hetero) is 1. The number of rotatable bonds is 7. The Labute approximate surface area is 80.6 Å². The van der Waals surface area contributed by atoms with Gasteiger partial charge in [0.05, 0.1) is 6.04 Å². The van der Waals surface area contributed by atoms with E-state index >= 15 is 0 Å². The van der Waals surface area contributed by atoms with Gasteiger partial charge in [0.2, 0.25) is 0 Å². The molecule has 0 heterocycles. The van der Waals surface area contributed by atoms with Crippen molar-refractivity contribution < 1.29 is 9.53 Å². The van der Waals surface area contributed by atoms with E-state index in [-0.39, 0.29) is 17.7 Å². The molecule has 0 saturated heterocycles. The zero-order valence-electron chi connectivity index (χ0n) is 8.88. The minimum atomic E-state index is -0.301. The Balaban J connectivity index is 3.69. The second-order valence-corrected chi connectivity index (χ2v) is 3.45. The zero-order chi connectivity index (χ0) is 10.3. The Bertz CT molecular complexity index is 148. The third kappa shape index (κ3) is 5.01. The van der Waals surface area contributed by atoms with E-state index in [1.807, 2.05) is 13.8 Å². The van der Waals surface area contributed by atoms with Gasteiger partial charge in [-0.3, -0.25) is 4.79 Å². The van der Waals surface area contributed by atoms with Crippen molar-refractivity contribution in [2.45, 2.75) is 39.2 Å². The number of hydrogen-bond donors (Lipinski definition) is 1. The molecule has 0 aromatic carbocycles. The molecule has 78 valence electrons. The summed E-state index contributed by atoms with van der Waals surface area (Å²) < 4.78 is 4.89. The lowest BCUT2D eigenvalue weighted by Crippen LogP contribution is -2.34. The highest BCUT2D eigenvalue weighted by molar-refractivity contribution is 5.85. The van der Waals surface area contributed by atoms with Crippen molar-refractivity contribution in [3.63, 3.8) is 0 Å². The van der Waals surface area contributed by atoms with Gasteiger partial charge in [-0.05, 0) is 19.3 Å². The lowest BCUT2D eigenvalue weighted by Gasteiger charge is -2.14. The molecule has 0 aliphatic rings. The Kier molecular flexibility index (Phi) is 6.82. The molecule has 3 nitrogen and oxygen atoms in total. The fourth-order valence-corrected chi connectivity index (χ4v) is 1.16. The average Bonchev–Trinajstić information content (AvgIpc) is 2.15. The van der Waals surface area contributed by atoms with E-state index in [2.05, 4.69) is 0 Å². The van der Waals surface area contributed by atoms with Crippen molar-refractivity contribution in [2.75, 3.05) is 13.7 Å². The Hall–Kier alpha value is -0.410. The van der Waals surface area contributed by atoms with E-state index in [1.165, 1.54) is 0 Å². The zero-order valence-corrected chi connectivity index (χ0v) is 8.88. The van der Waals surface area contributed by atoms with Crippen molar-refractivity contribution in [3.8, 4) is 0 Å². The van der Waals surface area contributed by atoms with Crippen LogP contribution in [0.1, 0.15) is 33.1 Å². The van der Waals surface area contributed by atoms with E-state index in [0.29, 0.717) is 6.61 Å². The molecular formula is C10H21NO2. The molecule has 3 heteroatoms. The maximum atomic E-state index is 11.5. The van der Waals surface area contributed by atoms with Crippen molar-refractivity contribution >= 4 is 5.78 Å². The quantitative estimate of drug-likeness (QED) is 0.612. The number of ether oxygens (including phenoxy) is 1. The second-order valence-electron chi connectivity index (χ2n) is 3.45. The van der Waals surface area contributed by atoms with E-state index in [0.717, 1.165) is 19.3 Å². The molecule has 0 bridgehead atoms. The molecule has 2 N–H and O–H groups in total. The number of carbonyl (C=O) groups excluding carboxylic acids is 1. The highest BCUT2D eigenvalue weighted by Crippen LogP contribution is 2.07. The highest BCUT2D eigenvalue weighted by Gasteiger charge is 2.18. The Morgan fingerprint density at radius 2 is 2.15 bits per heavy atom. The summed E-state index contributed by atoms with van der Waals surface area (Å²) in [7, 11) is 1.65. The first-order valence-corrected chi connectivity index (χ1v) is 4.91. The topological polar surface area (TPSA) is 52.3 Å². The van der Waals surface area contributed by atoms with Crippen LogP contribution in [0.3, 0.4) is 0 Å². The third-order valence-corrected chi connectivity index (χ3v) is 2.33. The van der Waals surface area contributed by atoms with E-state index in [4.69, 9.17) is 10.5 Å². The summed E-state index contributed by atoms with van der Waals surface area (Å²) >= 11 is 0. The van der Waals surface area contributed by atoms with Gasteiger partial charge in [-0.25, -0.2) is 0 Å². The number of ketones is 1. The third-order valence-electron chi connectivity index (χ3n) is 2.33. The summed E-state index contributed by atoms with van der Waals surface area (Å²) in [6.45, 7) is 4.62. The van der Waals surface area contributed by atoms with Crippen LogP contribution in [-0.2, 0) is 9.53 Å². The van der Waals surface area contributed by atoms with Crippen LogP contribution in [-0.4, -0.2) is 25.5 Å². The molecule has 0 aliphatic carbocycles. The fourth-order valence-electron chi connectivity index (χ4n) is 1.16. The SMILES string of the molecule is CCC(C)C(=O)C(N)CCCOC. The average molecular weight is 187 g/mol. The second kappa shape index (κ2) is 7.04. The molecule has 0 aromatic heterocycles. The molecule has 0 aliphatic heterocycles. The molecule has 0 fully saturated rings. The lowest BCUT2D eigenvalue weighted by molar-refractivity contribution is -0.123. The molecule has 0 amide bonds. The van der Waals surface area contributed by atoms with Crippen LogP contribution >= 0.6 is 0 Å². The summed E-state index contributed by atoms with van der Waals surface area (Å²) in [5.41, 5.74) is 5.73. The largest absolute Gasteiger partial charge is 0.385 e. The van der Waals surface area contributed by atoms with Gasteiger partial charge in [-0.15, -0.1) is 0 Å². The summed E-state index contributed by atoms with van der Waals surface area (Å²) in [4.78, 5) is 11.5. The number of nitrogens with two attached hydrogens (primary N) is 1. The van der Waals surface area contributed by atoms with Crippen LogP contribution < -0.4 is 5.73 Å². The highest BCUT2D eigenvalue weighted by atomic mass is 16.5. The van der Waals surface area contributed by atoms with Crippen molar-refractivity contribution in [2.24, 2.45) is 11.7 Å². The smallest absolute Gasteiger partial charge is 0.152 e. The van der Waals surface area contributed by atoms with Gasteiger partial charge < -0.3 is 10.5 Å². The first-order chi connectivity index (χ1) is 6.13. The minimum Gasteiger partial charge on any atom is -0.385 e. The monoisotopic (exact) mass is 187 g/mol. The molecule has 2 atom stereocenters. The van der Waals surface area contributed by atoms with Gasteiger partial charge in [0, 0.05) is 19.6 Å². The first kappa shape index (κ1) is 12.6. The molecule has 0 spiro atoms. The standard InChI is InChI=1S/C10H21NO2/c1-4-8(2)10(12)9(11)6-5-7-13-3/h8-9H,4-7,11H2,1-3H3. The fraction of sp³-hybridized carbons (Fsp3) is 0.900. The summed E-state index contributed by atoms with van der Waals surface area (Å²) in [6, 6.07) is -0.301. The predicted octanol–water partition coefficient (Wildman–Crippen LogP) is 1.36. The molecule has 0 saturated carbocycles. The molecule has 0 aromatic rings. The maximum Gasteiger partial charge on any atom is 0.152 e. The van der Waals surface area contributed by atoms with Crippen LogP contribution in [0.25, 0.3) is 0 Å². The normalized spacial score (nSPS) is 15.4. The molecule has 2 unspecified atom stereocenters. The van der Waals surface area contributed by atoms with Crippen molar-refractivity contribution in [1.29, 1.82) is 0 Å². The summed E-state index contributed by atoms with van der Waals surface area (Å²) in [6.07, 6.45) is 2.47. The van der Waals surface area contributed by atoms with Gasteiger partial charge in [-0.2, -0.15) is 0 Å². The van der Waals surface area contributed by atoms with Crippen LogP contribution in [0, 0.1) is 5.92 Å². The van der Waals surface area contributed by atoms with Crippen molar-refractivity contribution in [3.05, 3.63) is 0 Å². The first-order valence-electron chi connectivity index (χ1n) is 4.91. The van der Waals surface area contributed by atoms with Gasteiger partial charge in [0.1, 0.15) is 0 Å². The van der Waals surface area contributed by atoms with Gasteiger partial charge in [-0.1, -0.05) is 13.8 Å². The van der Waals surface area contributed by atoms with E-state index < -0.39 is 0 Å².